The molecule has 1 amide bonds. The van der Waals surface area contributed by atoms with Gasteiger partial charge in [-0.3, -0.25) is 10.1 Å². The Kier molecular flexibility index (Phi) is 4.43. The maximum absolute atomic E-state index is 11.8. The molecule has 0 bridgehead atoms. The zero-order valence-corrected chi connectivity index (χ0v) is 11.7. The highest BCUT2D eigenvalue weighted by molar-refractivity contribution is 7.82. The van der Waals surface area contributed by atoms with Crippen LogP contribution < -0.4 is 15.4 Å². The number of carbonyl (C=O) groups is 1. The monoisotopic (exact) mass is 293 g/mol. The number of rotatable bonds is 3. The molecule has 2 rings (SSSR count). The molecular formula is C12H11N3O2S2. The Balaban J connectivity index is 1.94. The first-order chi connectivity index (χ1) is 9.19. The molecule has 98 valence electrons. The van der Waals surface area contributed by atoms with Crippen LogP contribution in [0.5, 0.6) is 5.75 Å². The van der Waals surface area contributed by atoms with Crippen molar-refractivity contribution in [2.24, 2.45) is 0 Å². The average Bonchev–Trinajstić information content (AvgIpc) is 2.92. The van der Waals surface area contributed by atoms with Crippen LogP contribution in [0.15, 0.2) is 35.8 Å². The van der Waals surface area contributed by atoms with Crippen LogP contribution in [-0.4, -0.2) is 23.0 Å². The molecule has 19 heavy (non-hydrogen) atoms. The van der Waals surface area contributed by atoms with E-state index in [1.807, 2.05) is 0 Å². The summed E-state index contributed by atoms with van der Waals surface area (Å²) in [6.45, 7) is 0. The summed E-state index contributed by atoms with van der Waals surface area (Å²) in [5, 5.41) is 7.74. The third kappa shape index (κ3) is 3.73. The fourth-order valence-corrected chi connectivity index (χ4v) is 1.99. The first-order valence-electron chi connectivity index (χ1n) is 5.35. The molecular weight excluding hydrogens is 282 g/mol. The van der Waals surface area contributed by atoms with Gasteiger partial charge in [-0.1, -0.05) is 12.2 Å². The van der Waals surface area contributed by atoms with Gasteiger partial charge in [0.25, 0.3) is 5.91 Å². The highest BCUT2D eigenvalue weighted by Gasteiger charge is 2.10. The van der Waals surface area contributed by atoms with Crippen molar-refractivity contribution in [3.05, 3.63) is 35.8 Å². The smallest absolute Gasteiger partial charge is 0.285 e. The molecule has 0 fully saturated rings. The minimum Gasteiger partial charge on any atom is -0.497 e. The third-order valence-electron chi connectivity index (χ3n) is 2.21. The first kappa shape index (κ1) is 13.4. The van der Waals surface area contributed by atoms with E-state index in [2.05, 4.69) is 15.6 Å². The van der Waals surface area contributed by atoms with Gasteiger partial charge in [-0.25, -0.2) is 4.98 Å². The Hall–Kier alpha value is -1.99. The summed E-state index contributed by atoms with van der Waals surface area (Å²) in [6.07, 6.45) is 1.61. The predicted molar refractivity (Wildman–Crippen MR) is 80.0 cm³/mol. The van der Waals surface area contributed by atoms with Gasteiger partial charge in [0.1, 0.15) is 5.75 Å². The van der Waals surface area contributed by atoms with Crippen molar-refractivity contribution in [2.45, 2.75) is 0 Å². The third-order valence-corrected chi connectivity index (χ3v) is 3.18. The number of hydrogen-bond acceptors (Lipinski definition) is 5. The van der Waals surface area contributed by atoms with Crippen LogP contribution >= 0.6 is 23.6 Å². The maximum Gasteiger partial charge on any atom is 0.285 e. The van der Waals surface area contributed by atoms with E-state index in [1.54, 1.807) is 43.0 Å². The molecule has 0 atom stereocenters. The number of nitrogens with one attached hydrogen (secondary N) is 2. The second-order valence-electron chi connectivity index (χ2n) is 3.47. The lowest BCUT2D eigenvalue weighted by atomic mass is 10.3. The lowest BCUT2D eigenvalue weighted by Gasteiger charge is -2.07. The summed E-state index contributed by atoms with van der Waals surface area (Å²) in [6, 6.07) is 7.12. The molecule has 0 saturated heterocycles. The minimum atomic E-state index is -0.388. The molecule has 0 spiro atoms. The van der Waals surface area contributed by atoms with Crippen molar-refractivity contribution in [1.29, 1.82) is 0 Å². The molecule has 2 N–H and O–H groups in total. The second kappa shape index (κ2) is 6.26. The molecule has 5 nitrogen and oxygen atoms in total. The largest absolute Gasteiger partial charge is 0.497 e. The second-order valence-corrected chi connectivity index (χ2v) is 4.78. The fourth-order valence-electron chi connectivity index (χ4n) is 1.30. The number of hydrogen-bond donors (Lipinski definition) is 2. The maximum atomic E-state index is 11.8. The van der Waals surface area contributed by atoms with E-state index in [9.17, 15) is 4.79 Å². The number of ether oxygens (including phenoxy) is 1. The van der Waals surface area contributed by atoms with Crippen molar-refractivity contribution in [1.82, 2.24) is 4.98 Å². The van der Waals surface area contributed by atoms with E-state index in [4.69, 9.17) is 17.0 Å². The highest BCUT2D eigenvalue weighted by atomic mass is 32.1. The summed E-state index contributed by atoms with van der Waals surface area (Å²) in [4.78, 5) is 15.8. The normalized spacial score (nSPS) is 9.74. The SMILES string of the molecule is COc1ccc(NC(=S)C(=O)Nc2nccs2)cc1. The van der Waals surface area contributed by atoms with Gasteiger partial charge in [0, 0.05) is 17.3 Å². The molecule has 1 heterocycles. The molecule has 1 aromatic heterocycles. The van der Waals surface area contributed by atoms with Crippen LogP contribution in [0, 0.1) is 0 Å². The summed E-state index contributed by atoms with van der Waals surface area (Å²) in [5.41, 5.74) is 0.722. The zero-order chi connectivity index (χ0) is 13.7. The van der Waals surface area contributed by atoms with E-state index in [1.165, 1.54) is 11.3 Å². The number of methoxy groups -OCH3 is 1. The summed E-state index contributed by atoms with van der Waals surface area (Å²) >= 11 is 6.35. The number of nitrogens with zero attached hydrogens (tertiary/aromatic N) is 1. The van der Waals surface area contributed by atoms with Crippen molar-refractivity contribution in [2.75, 3.05) is 17.7 Å². The van der Waals surface area contributed by atoms with Crippen molar-refractivity contribution in [3.63, 3.8) is 0 Å². The van der Waals surface area contributed by atoms with Gasteiger partial charge in [0.2, 0.25) is 0 Å². The Bertz CT molecular complexity index is 567. The van der Waals surface area contributed by atoms with E-state index >= 15 is 0 Å². The minimum absolute atomic E-state index is 0.0837. The molecule has 2 aromatic rings. The van der Waals surface area contributed by atoms with E-state index in [0.717, 1.165) is 11.4 Å². The van der Waals surface area contributed by atoms with Crippen LogP contribution in [0.2, 0.25) is 0 Å². The van der Waals surface area contributed by atoms with Crippen LogP contribution in [-0.2, 0) is 4.79 Å². The number of benzene rings is 1. The fraction of sp³-hybridized carbons (Fsp3) is 0.0833. The molecule has 1 aromatic carbocycles. The van der Waals surface area contributed by atoms with Crippen molar-refractivity contribution >= 4 is 45.3 Å². The first-order valence-corrected chi connectivity index (χ1v) is 6.63. The lowest BCUT2D eigenvalue weighted by Crippen LogP contribution is -2.27. The number of carbonyl (C=O) groups excluding carboxylic acids is 1. The number of thiazole rings is 1. The van der Waals surface area contributed by atoms with Crippen LogP contribution in [0.25, 0.3) is 0 Å². The van der Waals surface area contributed by atoms with Crippen molar-refractivity contribution < 1.29 is 9.53 Å². The lowest BCUT2D eigenvalue weighted by molar-refractivity contribution is -0.110. The zero-order valence-electron chi connectivity index (χ0n) is 10.0. The quantitative estimate of drug-likeness (QED) is 0.851. The average molecular weight is 293 g/mol. The van der Waals surface area contributed by atoms with Gasteiger partial charge in [-0.2, -0.15) is 0 Å². The molecule has 0 aliphatic rings. The molecule has 0 radical (unpaired) electrons. The summed E-state index contributed by atoms with van der Waals surface area (Å²) in [7, 11) is 1.59. The summed E-state index contributed by atoms with van der Waals surface area (Å²) < 4.78 is 5.04. The number of amides is 1. The van der Waals surface area contributed by atoms with Crippen LogP contribution in [0.1, 0.15) is 0 Å². The van der Waals surface area contributed by atoms with Gasteiger partial charge in [0.05, 0.1) is 7.11 Å². The molecule has 0 aliphatic carbocycles. The predicted octanol–water partition coefficient (Wildman–Crippen LogP) is 2.53. The molecule has 7 heteroatoms. The van der Waals surface area contributed by atoms with Gasteiger partial charge in [-0.05, 0) is 24.3 Å². The number of anilines is 2. The van der Waals surface area contributed by atoms with Gasteiger partial charge in [0.15, 0.2) is 10.1 Å². The summed E-state index contributed by atoms with van der Waals surface area (Å²) in [5.74, 6) is 0.351. The van der Waals surface area contributed by atoms with Crippen molar-refractivity contribution in [3.8, 4) is 5.75 Å². The Morgan fingerprint density at radius 3 is 2.63 bits per heavy atom. The highest BCUT2D eigenvalue weighted by Crippen LogP contribution is 2.15. The topological polar surface area (TPSA) is 63.2 Å². The molecule has 0 unspecified atom stereocenters. The number of aromatic nitrogens is 1. The van der Waals surface area contributed by atoms with Gasteiger partial charge >= 0.3 is 0 Å². The van der Waals surface area contributed by atoms with Crippen LogP contribution in [0.3, 0.4) is 0 Å². The number of thiocarbonyl (C=S) groups is 1. The van der Waals surface area contributed by atoms with Gasteiger partial charge < -0.3 is 10.1 Å². The van der Waals surface area contributed by atoms with E-state index in [0.29, 0.717) is 5.13 Å². The van der Waals surface area contributed by atoms with Gasteiger partial charge in [-0.15, -0.1) is 11.3 Å². The molecule has 0 aliphatic heterocycles. The molecule has 0 saturated carbocycles. The Morgan fingerprint density at radius 1 is 1.32 bits per heavy atom. The van der Waals surface area contributed by atoms with E-state index in [-0.39, 0.29) is 10.9 Å². The Labute approximate surface area is 119 Å². The standard InChI is InChI=1S/C12H11N3O2S2/c1-17-9-4-2-8(3-5-9)14-11(18)10(16)15-12-13-6-7-19-12/h2-7H,1H3,(H,14,18)(H,13,15,16). The Morgan fingerprint density at radius 2 is 2.05 bits per heavy atom. The van der Waals surface area contributed by atoms with E-state index < -0.39 is 0 Å². The van der Waals surface area contributed by atoms with Crippen LogP contribution in [0.4, 0.5) is 10.8 Å².